The Balaban J connectivity index is 2.91. The molecule has 0 amide bonds. The smallest absolute Gasteiger partial charge is 0.133 e. The average Bonchev–Trinajstić information content (AvgIpc) is 2.26. The fourth-order valence-corrected chi connectivity index (χ4v) is 2.11. The van der Waals surface area contributed by atoms with Crippen LogP contribution >= 0.6 is 15.9 Å². The fourth-order valence-electron chi connectivity index (χ4n) is 1.57. The highest BCUT2D eigenvalue weighted by Crippen LogP contribution is 2.32. The van der Waals surface area contributed by atoms with Crippen LogP contribution in [0.5, 0.6) is 5.75 Å². The number of rotatable bonds is 5. The van der Waals surface area contributed by atoms with Gasteiger partial charge in [0.2, 0.25) is 0 Å². The Kier molecular flexibility index (Phi) is 4.77. The molecule has 1 atom stereocenters. The molecule has 1 aromatic rings. The van der Waals surface area contributed by atoms with Crippen LogP contribution in [0.15, 0.2) is 22.7 Å². The summed E-state index contributed by atoms with van der Waals surface area (Å²) in [4.78, 5) is 0. The van der Waals surface area contributed by atoms with E-state index in [0.717, 1.165) is 15.8 Å². The quantitative estimate of drug-likeness (QED) is 0.875. The molecule has 0 heterocycles. The second kappa shape index (κ2) is 5.66. The lowest BCUT2D eigenvalue weighted by Gasteiger charge is -2.24. The van der Waals surface area contributed by atoms with Crippen molar-refractivity contribution in [2.45, 2.75) is 25.4 Å². The Morgan fingerprint density at radius 3 is 2.62 bits per heavy atom. The van der Waals surface area contributed by atoms with Crippen LogP contribution in [0.25, 0.3) is 0 Å². The minimum Gasteiger partial charge on any atom is -0.496 e. The zero-order valence-electron chi connectivity index (χ0n) is 9.53. The van der Waals surface area contributed by atoms with Gasteiger partial charge in [0.25, 0.3) is 0 Å². The Morgan fingerprint density at radius 2 is 2.12 bits per heavy atom. The van der Waals surface area contributed by atoms with Gasteiger partial charge < -0.3 is 14.9 Å². The van der Waals surface area contributed by atoms with Gasteiger partial charge in [-0.2, -0.15) is 0 Å². The van der Waals surface area contributed by atoms with Crippen LogP contribution in [-0.4, -0.2) is 23.9 Å². The van der Waals surface area contributed by atoms with E-state index in [9.17, 15) is 5.11 Å². The van der Waals surface area contributed by atoms with Gasteiger partial charge in [0, 0.05) is 6.61 Å². The first-order valence-electron chi connectivity index (χ1n) is 5.18. The molecule has 90 valence electrons. The van der Waals surface area contributed by atoms with Crippen molar-refractivity contribution in [3.63, 3.8) is 0 Å². The first-order chi connectivity index (χ1) is 7.51. The second-order valence-corrected chi connectivity index (χ2v) is 4.80. The number of aliphatic hydroxyl groups excluding tert-OH is 1. The van der Waals surface area contributed by atoms with Gasteiger partial charge >= 0.3 is 0 Å². The fraction of sp³-hybridized carbons (Fsp3) is 0.500. The summed E-state index contributed by atoms with van der Waals surface area (Å²) in [6.07, 6.45) is 1.11. The molecular formula is C12H17BrO3. The molecule has 0 bridgehead atoms. The van der Waals surface area contributed by atoms with E-state index >= 15 is 0 Å². The molecular weight excluding hydrogens is 272 g/mol. The van der Waals surface area contributed by atoms with E-state index in [-0.39, 0.29) is 6.61 Å². The SMILES string of the molecule is COc1ccc(C(C)(O)CCCO)cc1Br. The summed E-state index contributed by atoms with van der Waals surface area (Å²) in [6, 6.07) is 5.49. The van der Waals surface area contributed by atoms with E-state index < -0.39 is 5.60 Å². The van der Waals surface area contributed by atoms with Crippen LogP contribution in [0.3, 0.4) is 0 Å². The van der Waals surface area contributed by atoms with Crippen LogP contribution in [-0.2, 0) is 5.60 Å². The maximum atomic E-state index is 10.2. The summed E-state index contributed by atoms with van der Waals surface area (Å²) >= 11 is 3.38. The third kappa shape index (κ3) is 3.20. The normalized spacial score (nSPS) is 14.6. The van der Waals surface area contributed by atoms with Crippen molar-refractivity contribution >= 4 is 15.9 Å². The summed E-state index contributed by atoms with van der Waals surface area (Å²) in [6.45, 7) is 1.84. The summed E-state index contributed by atoms with van der Waals surface area (Å²) in [5, 5.41) is 19.0. The molecule has 0 aliphatic rings. The van der Waals surface area contributed by atoms with Crippen LogP contribution < -0.4 is 4.74 Å². The molecule has 0 spiro atoms. The number of benzene rings is 1. The molecule has 0 radical (unpaired) electrons. The molecule has 1 rings (SSSR count). The Bertz CT molecular complexity index is 350. The van der Waals surface area contributed by atoms with Gasteiger partial charge in [-0.25, -0.2) is 0 Å². The summed E-state index contributed by atoms with van der Waals surface area (Å²) < 4.78 is 5.94. The molecule has 4 heteroatoms. The lowest BCUT2D eigenvalue weighted by molar-refractivity contribution is 0.0402. The Morgan fingerprint density at radius 1 is 1.44 bits per heavy atom. The molecule has 0 aromatic heterocycles. The van der Waals surface area contributed by atoms with E-state index in [4.69, 9.17) is 9.84 Å². The maximum absolute atomic E-state index is 10.2. The Labute approximate surface area is 104 Å². The van der Waals surface area contributed by atoms with Crippen molar-refractivity contribution in [3.8, 4) is 5.75 Å². The minimum absolute atomic E-state index is 0.0907. The molecule has 0 aliphatic heterocycles. The number of halogens is 1. The van der Waals surface area contributed by atoms with E-state index in [0.29, 0.717) is 12.8 Å². The summed E-state index contributed by atoms with van der Waals surface area (Å²) in [7, 11) is 1.60. The highest BCUT2D eigenvalue weighted by molar-refractivity contribution is 9.10. The number of hydrogen-bond acceptors (Lipinski definition) is 3. The predicted molar refractivity (Wildman–Crippen MR) is 66.6 cm³/mol. The monoisotopic (exact) mass is 288 g/mol. The summed E-state index contributed by atoms with van der Waals surface area (Å²) in [5.74, 6) is 0.738. The molecule has 1 aromatic carbocycles. The molecule has 0 saturated heterocycles. The highest BCUT2D eigenvalue weighted by atomic mass is 79.9. The van der Waals surface area contributed by atoms with Crippen molar-refractivity contribution in [1.29, 1.82) is 0 Å². The lowest BCUT2D eigenvalue weighted by atomic mass is 9.91. The van der Waals surface area contributed by atoms with Gasteiger partial charge in [0.05, 0.1) is 17.2 Å². The van der Waals surface area contributed by atoms with E-state index in [2.05, 4.69) is 15.9 Å². The van der Waals surface area contributed by atoms with Crippen molar-refractivity contribution in [2.24, 2.45) is 0 Å². The van der Waals surface area contributed by atoms with Gasteiger partial charge in [-0.1, -0.05) is 6.07 Å². The third-order valence-corrected chi connectivity index (χ3v) is 3.22. The van der Waals surface area contributed by atoms with Gasteiger partial charge in [0.15, 0.2) is 0 Å². The number of hydrogen-bond donors (Lipinski definition) is 2. The van der Waals surface area contributed by atoms with Gasteiger partial charge in [-0.15, -0.1) is 0 Å². The molecule has 0 aliphatic carbocycles. The predicted octanol–water partition coefficient (Wildman–Crippen LogP) is 2.44. The molecule has 0 saturated carbocycles. The first kappa shape index (κ1) is 13.5. The van der Waals surface area contributed by atoms with Gasteiger partial charge in [-0.05, 0) is 53.4 Å². The molecule has 1 unspecified atom stereocenters. The van der Waals surface area contributed by atoms with Gasteiger partial charge in [0.1, 0.15) is 5.75 Å². The van der Waals surface area contributed by atoms with E-state index in [1.54, 1.807) is 14.0 Å². The lowest BCUT2D eigenvalue weighted by Crippen LogP contribution is -2.21. The van der Waals surface area contributed by atoms with Crippen molar-refractivity contribution in [1.82, 2.24) is 0 Å². The van der Waals surface area contributed by atoms with Crippen molar-refractivity contribution in [2.75, 3.05) is 13.7 Å². The van der Waals surface area contributed by atoms with E-state index in [1.165, 1.54) is 0 Å². The van der Waals surface area contributed by atoms with Crippen LogP contribution in [0.1, 0.15) is 25.3 Å². The molecule has 16 heavy (non-hydrogen) atoms. The Hall–Kier alpha value is -0.580. The number of methoxy groups -OCH3 is 1. The van der Waals surface area contributed by atoms with Crippen molar-refractivity contribution < 1.29 is 14.9 Å². The first-order valence-corrected chi connectivity index (χ1v) is 5.98. The zero-order chi connectivity index (χ0) is 12.2. The summed E-state index contributed by atoms with van der Waals surface area (Å²) in [5.41, 5.74) is -0.106. The van der Waals surface area contributed by atoms with Crippen LogP contribution in [0, 0.1) is 0 Å². The highest BCUT2D eigenvalue weighted by Gasteiger charge is 2.23. The minimum atomic E-state index is -0.919. The molecule has 2 N–H and O–H groups in total. The van der Waals surface area contributed by atoms with Gasteiger partial charge in [-0.3, -0.25) is 0 Å². The van der Waals surface area contributed by atoms with Crippen LogP contribution in [0.2, 0.25) is 0 Å². The number of ether oxygens (including phenoxy) is 1. The largest absolute Gasteiger partial charge is 0.496 e. The standard InChI is InChI=1S/C12H17BrO3/c1-12(15,6-3-7-14)9-4-5-11(16-2)10(13)8-9/h4-5,8,14-15H,3,6-7H2,1-2H3. The maximum Gasteiger partial charge on any atom is 0.133 e. The molecule has 3 nitrogen and oxygen atoms in total. The zero-order valence-corrected chi connectivity index (χ0v) is 11.1. The van der Waals surface area contributed by atoms with E-state index in [1.807, 2.05) is 18.2 Å². The molecule has 0 fully saturated rings. The second-order valence-electron chi connectivity index (χ2n) is 3.95. The topological polar surface area (TPSA) is 49.7 Å². The average molecular weight is 289 g/mol. The number of aliphatic hydroxyl groups is 2. The third-order valence-electron chi connectivity index (χ3n) is 2.60. The van der Waals surface area contributed by atoms with Crippen molar-refractivity contribution in [3.05, 3.63) is 28.2 Å². The van der Waals surface area contributed by atoms with Crippen LogP contribution in [0.4, 0.5) is 0 Å².